The number of hydrogen-bond donors (Lipinski definition) is 1. The molecule has 0 radical (unpaired) electrons. The Morgan fingerprint density at radius 2 is 1.55 bits per heavy atom. The number of benzene rings is 4. The van der Waals surface area contributed by atoms with Crippen molar-refractivity contribution in [2.75, 3.05) is 22.8 Å². The summed E-state index contributed by atoms with van der Waals surface area (Å²) >= 11 is 7.68. The Bertz CT molecular complexity index is 1450. The van der Waals surface area contributed by atoms with Crippen molar-refractivity contribution in [3.05, 3.63) is 114 Å². The van der Waals surface area contributed by atoms with Crippen LogP contribution in [0.5, 0.6) is 5.75 Å². The van der Waals surface area contributed by atoms with Gasteiger partial charge in [-0.15, -0.1) is 11.8 Å². The highest BCUT2D eigenvalue weighted by Gasteiger charge is 2.27. The molecule has 0 bridgehead atoms. The van der Waals surface area contributed by atoms with E-state index in [1.807, 2.05) is 49.4 Å². The maximum absolute atomic E-state index is 13.5. The van der Waals surface area contributed by atoms with E-state index in [0.29, 0.717) is 28.8 Å². The summed E-state index contributed by atoms with van der Waals surface area (Å²) in [5, 5.41) is 3.23. The van der Waals surface area contributed by atoms with Crippen LogP contribution >= 0.6 is 23.4 Å². The SMILES string of the molecule is CCOc1ccc(N(CC(=O)Nc2ccc(CSc3ccccc3)cc2)S(=O)(=O)c2ccc(Cl)cc2)cc1. The Balaban J connectivity index is 1.49. The lowest BCUT2D eigenvalue weighted by Crippen LogP contribution is -2.38. The predicted molar refractivity (Wildman–Crippen MR) is 155 cm³/mol. The Kier molecular flexibility index (Phi) is 9.33. The minimum Gasteiger partial charge on any atom is -0.494 e. The average molecular weight is 567 g/mol. The predicted octanol–water partition coefficient (Wildman–Crippen LogP) is 6.87. The molecular weight excluding hydrogens is 540 g/mol. The van der Waals surface area contributed by atoms with Crippen LogP contribution in [0.1, 0.15) is 12.5 Å². The van der Waals surface area contributed by atoms with Crippen LogP contribution in [0.4, 0.5) is 11.4 Å². The van der Waals surface area contributed by atoms with Crippen molar-refractivity contribution in [1.29, 1.82) is 0 Å². The molecule has 1 amide bonds. The molecule has 0 heterocycles. The summed E-state index contributed by atoms with van der Waals surface area (Å²) in [7, 11) is -4.05. The molecule has 0 aliphatic rings. The molecule has 0 saturated heterocycles. The monoisotopic (exact) mass is 566 g/mol. The molecule has 4 aromatic rings. The molecule has 9 heteroatoms. The number of nitrogens with zero attached hydrogens (tertiary/aromatic N) is 1. The van der Waals surface area contributed by atoms with Crippen LogP contribution in [-0.4, -0.2) is 27.5 Å². The number of ether oxygens (including phenoxy) is 1. The lowest BCUT2D eigenvalue weighted by atomic mass is 10.2. The van der Waals surface area contributed by atoms with Gasteiger partial charge in [-0.25, -0.2) is 8.42 Å². The third kappa shape index (κ3) is 7.31. The maximum atomic E-state index is 13.5. The van der Waals surface area contributed by atoms with Gasteiger partial charge >= 0.3 is 0 Å². The highest BCUT2D eigenvalue weighted by molar-refractivity contribution is 7.98. The van der Waals surface area contributed by atoms with E-state index in [1.165, 1.54) is 29.2 Å². The van der Waals surface area contributed by atoms with Crippen molar-refractivity contribution in [3.8, 4) is 5.75 Å². The number of anilines is 2. The summed E-state index contributed by atoms with van der Waals surface area (Å²) in [6, 6.07) is 30.1. The van der Waals surface area contributed by atoms with Crippen LogP contribution in [0, 0.1) is 0 Å². The summed E-state index contributed by atoms with van der Waals surface area (Å²) in [6.45, 7) is 1.94. The van der Waals surface area contributed by atoms with E-state index in [0.717, 1.165) is 15.6 Å². The van der Waals surface area contributed by atoms with Crippen molar-refractivity contribution >= 4 is 50.7 Å². The number of nitrogens with one attached hydrogen (secondary N) is 1. The number of rotatable bonds is 11. The maximum Gasteiger partial charge on any atom is 0.264 e. The number of thioether (sulfide) groups is 1. The third-order valence-electron chi connectivity index (χ3n) is 5.51. The smallest absolute Gasteiger partial charge is 0.264 e. The first-order valence-electron chi connectivity index (χ1n) is 11.9. The summed E-state index contributed by atoms with van der Waals surface area (Å²) in [4.78, 5) is 14.2. The summed E-state index contributed by atoms with van der Waals surface area (Å²) in [5.74, 6) is 0.932. The Labute approximate surface area is 232 Å². The topological polar surface area (TPSA) is 75.7 Å². The van der Waals surface area contributed by atoms with E-state index in [1.54, 1.807) is 36.0 Å². The minimum atomic E-state index is -4.05. The molecule has 0 atom stereocenters. The molecule has 0 fully saturated rings. The van der Waals surface area contributed by atoms with Crippen molar-refractivity contribution in [3.63, 3.8) is 0 Å². The second-order valence-electron chi connectivity index (χ2n) is 8.24. The Morgan fingerprint density at radius 1 is 0.895 bits per heavy atom. The first-order valence-corrected chi connectivity index (χ1v) is 14.7. The van der Waals surface area contributed by atoms with Gasteiger partial charge in [0, 0.05) is 21.4 Å². The molecule has 0 aliphatic carbocycles. The zero-order valence-electron chi connectivity index (χ0n) is 20.7. The second kappa shape index (κ2) is 12.9. The zero-order valence-corrected chi connectivity index (χ0v) is 23.1. The molecular formula is C29H27ClN2O4S2. The molecule has 0 unspecified atom stereocenters. The van der Waals surface area contributed by atoms with Crippen molar-refractivity contribution in [2.24, 2.45) is 0 Å². The van der Waals surface area contributed by atoms with Gasteiger partial charge in [0.15, 0.2) is 0 Å². The van der Waals surface area contributed by atoms with Gasteiger partial charge < -0.3 is 10.1 Å². The summed E-state index contributed by atoms with van der Waals surface area (Å²) in [6.07, 6.45) is 0. The normalized spacial score (nSPS) is 11.1. The molecule has 6 nitrogen and oxygen atoms in total. The molecule has 0 saturated carbocycles. The van der Waals surface area contributed by atoms with E-state index in [4.69, 9.17) is 16.3 Å². The largest absolute Gasteiger partial charge is 0.494 e. The van der Waals surface area contributed by atoms with Crippen LogP contribution in [0.2, 0.25) is 5.02 Å². The van der Waals surface area contributed by atoms with E-state index < -0.39 is 22.5 Å². The lowest BCUT2D eigenvalue weighted by molar-refractivity contribution is -0.114. The molecule has 1 N–H and O–H groups in total. The van der Waals surface area contributed by atoms with Crippen molar-refractivity contribution in [2.45, 2.75) is 22.5 Å². The van der Waals surface area contributed by atoms with E-state index in [9.17, 15) is 13.2 Å². The standard InChI is InChI=1S/C29H27ClN2O4S2/c1-2-36-26-16-14-25(15-17-26)32(38(34,35)28-18-10-23(30)11-19-28)20-29(33)31-24-12-8-22(9-13-24)21-37-27-6-4-3-5-7-27/h3-19H,2,20-21H2,1H3,(H,31,33). The Hall–Kier alpha value is -3.46. The number of sulfonamides is 1. The molecule has 38 heavy (non-hydrogen) atoms. The first kappa shape index (κ1) is 27.6. The van der Waals surface area contributed by atoms with E-state index in [-0.39, 0.29) is 4.90 Å². The molecule has 0 aliphatic heterocycles. The fourth-order valence-corrected chi connectivity index (χ4v) is 6.05. The highest BCUT2D eigenvalue weighted by Crippen LogP contribution is 2.27. The quantitative estimate of drug-likeness (QED) is 0.201. The van der Waals surface area contributed by atoms with Crippen LogP contribution < -0.4 is 14.4 Å². The van der Waals surface area contributed by atoms with E-state index in [2.05, 4.69) is 17.4 Å². The van der Waals surface area contributed by atoms with Gasteiger partial charge in [0.05, 0.1) is 17.2 Å². The zero-order chi connectivity index (χ0) is 27.0. The summed E-state index contributed by atoms with van der Waals surface area (Å²) < 4.78 is 33.6. The van der Waals surface area contributed by atoms with Crippen LogP contribution in [0.25, 0.3) is 0 Å². The molecule has 196 valence electrons. The third-order valence-corrected chi connectivity index (χ3v) is 8.63. The van der Waals surface area contributed by atoms with Crippen LogP contribution in [0.3, 0.4) is 0 Å². The number of amides is 1. The van der Waals surface area contributed by atoms with Crippen molar-refractivity contribution < 1.29 is 17.9 Å². The molecule has 0 spiro atoms. The van der Waals surface area contributed by atoms with Gasteiger partial charge in [-0.3, -0.25) is 9.10 Å². The number of halogens is 1. The lowest BCUT2D eigenvalue weighted by Gasteiger charge is -2.24. The fourth-order valence-electron chi connectivity index (χ4n) is 3.62. The molecule has 4 aromatic carbocycles. The van der Waals surface area contributed by atoms with Gasteiger partial charge in [-0.2, -0.15) is 0 Å². The van der Waals surface area contributed by atoms with Gasteiger partial charge in [-0.05, 0) is 85.3 Å². The van der Waals surface area contributed by atoms with Crippen LogP contribution in [-0.2, 0) is 20.6 Å². The minimum absolute atomic E-state index is 0.0313. The highest BCUT2D eigenvalue weighted by atomic mass is 35.5. The number of hydrogen-bond acceptors (Lipinski definition) is 5. The van der Waals surface area contributed by atoms with Crippen LogP contribution in [0.15, 0.2) is 113 Å². The van der Waals surface area contributed by atoms with Gasteiger partial charge in [0.2, 0.25) is 5.91 Å². The number of carbonyl (C=O) groups is 1. The van der Waals surface area contributed by atoms with Gasteiger partial charge in [0.1, 0.15) is 12.3 Å². The van der Waals surface area contributed by atoms with Crippen molar-refractivity contribution in [1.82, 2.24) is 0 Å². The molecule has 4 rings (SSSR count). The first-order chi connectivity index (χ1) is 18.3. The van der Waals surface area contributed by atoms with Gasteiger partial charge in [-0.1, -0.05) is 41.9 Å². The van der Waals surface area contributed by atoms with E-state index >= 15 is 0 Å². The van der Waals surface area contributed by atoms with Gasteiger partial charge in [0.25, 0.3) is 10.0 Å². The Morgan fingerprint density at radius 3 is 2.18 bits per heavy atom. The second-order valence-corrected chi connectivity index (χ2v) is 11.6. The average Bonchev–Trinajstić information content (AvgIpc) is 2.93. The summed E-state index contributed by atoms with van der Waals surface area (Å²) in [5.41, 5.74) is 2.03. The fraction of sp³-hybridized carbons (Fsp3) is 0.138. The number of carbonyl (C=O) groups excluding carboxylic acids is 1. The molecule has 0 aromatic heterocycles.